The summed E-state index contributed by atoms with van der Waals surface area (Å²) in [4.78, 5) is 11.2. The minimum atomic E-state index is -0.458. The molecule has 4 nitrogen and oxygen atoms in total. The fraction of sp³-hybridized carbons (Fsp3) is 0.364. The topological polar surface area (TPSA) is 81.1 Å². The summed E-state index contributed by atoms with van der Waals surface area (Å²) in [6.07, 6.45) is 0. The quantitative estimate of drug-likeness (QED) is 0.704. The third-order valence-corrected chi connectivity index (χ3v) is 2.67. The zero-order valence-electron chi connectivity index (χ0n) is 9.33. The van der Waals surface area contributed by atoms with Gasteiger partial charge in [-0.15, -0.1) is 0 Å². The number of nitrogen functional groups attached to an aromatic ring is 1. The van der Waals surface area contributed by atoms with E-state index in [0.29, 0.717) is 16.4 Å². The molecule has 0 heterocycles. The van der Waals surface area contributed by atoms with Gasteiger partial charge in [0.05, 0.1) is 16.4 Å². The van der Waals surface area contributed by atoms with Crippen molar-refractivity contribution in [1.82, 2.24) is 0 Å². The highest BCUT2D eigenvalue weighted by Crippen LogP contribution is 2.27. The number of hydrogen-bond donors (Lipinski definition) is 3. The summed E-state index contributed by atoms with van der Waals surface area (Å²) < 4.78 is 0. The van der Waals surface area contributed by atoms with Crippen LogP contribution in [0.3, 0.4) is 0 Å². The number of carbonyl (C=O) groups is 1. The first-order valence-electron chi connectivity index (χ1n) is 5.03. The molecule has 1 atom stereocenters. The van der Waals surface area contributed by atoms with Crippen molar-refractivity contribution in [2.45, 2.75) is 19.9 Å². The first-order valence-corrected chi connectivity index (χ1v) is 5.41. The van der Waals surface area contributed by atoms with E-state index in [0.717, 1.165) is 0 Å². The first kappa shape index (κ1) is 12.6. The number of primary amides is 1. The molecule has 0 aromatic heterocycles. The van der Waals surface area contributed by atoms with Gasteiger partial charge < -0.3 is 16.8 Å². The molecule has 1 unspecified atom stereocenters. The lowest BCUT2D eigenvalue weighted by Gasteiger charge is -2.21. The standard InChI is InChI=1S/C11H16ClN3O/c1-6(2)10(11(14)16)15-8-5-3-4-7(12)9(8)13/h3-6,10,15H,13H2,1-2H3,(H2,14,16). The van der Waals surface area contributed by atoms with Gasteiger partial charge in [-0.25, -0.2) is 0 Å². The Morgan fingerprint density at radius 3 is 2.56 bits per heavy atom. The molecular formula is C11H16ClN3O. The van der Waals surface area contributed by atoms with Crippen LogP contribution in [0.15, 0.2) is 18.2 Å². The molecule has 0 fully saturated rings. The van der Waals surface area contributed by atoms with E-state index in [-0.39, 0.29) is 5.92 Å². The molecule has 88 valence electrons. The fourth-order valence-electron chi connectivity index (χ4n) is 1.40. The third-order valence-electron chi connectivity index (χ3n) is 2.34. The highest BCUT2D eigenvalue weighted by atomic mass is 35.5. The molecular weight excluding hydrogens is 226 g/mol. The third kappa shape index (κ3) is 2.79. The van der Waals surface area contributed by atoms with E-state index in [2.05, 4.69) is 5.32 Å². The van der Waals surface area contributed by atoms with Crippen molar-refractivity contribution < 1.29 is 4.79 Å². The van der Waals surface area contributed by atoms with Crippen molar-refractivity contribution in [3.8, 4) is 0 Å². The van der Waals surface area contributed by atoms with Gasteiger partial charge in [-0.2, -0.15) is 0 Å². The number of nitrogens with two attached hydrogens (primary N) is 2. The number of nitrogens with one attached hydrogen (secondary N) is 1. The first-order chi connectivity index (χ1) is 7.43. The minimum Gasteiger partial charge on any atom is -0.396 e. The van der Waals surface area contributed by atoms with E-state index < -0.39 is 11.9 Å². The molecule has 0 radical (unpaired) electrons. The van der Waals surface area contributed by atoms with E-state index in [1.165, 1.54) is 0 Å². The Kier molecular flexibility index (Phi) is 4.01. The van der Waals surface area contributed by atoms with Crippen molar-refractivity contribution in [2.24, 2.45) is 11.7 Å². The van der Waals surface area contributed by atoms with Crippen LogP contribution in [-0.4, -0.2) is 11.9 Å². The Morgan fingerprint density at radius 2 is 2.06 bits per heavy atom. The number of benzene rings is 1. The normalized spacial score (nSPS) is 12.5. The smallest absolute Gasteiger partial charge is 0.240 e. The second-order valence-corrected chi connectivity index (χ2v) is 4.38. The van der Waals surface area contributed by atoms with Crippen LogP contribution >= 0.6 is 11.6 Å². The van der Waals surface area contributed by atoms with Crippen LogP contribution in [0.2, 0.25) is 5.02 Å². The van der Waals surface area contributed by atoms with Crippen molar-refractivity contribution >= 4 is 28.9 Å². The molecule has 0 saturated heterocycles. The van der Waals surface area contributed by atoms with Gasteiger partial charge in [0.15, 0.2) is 0 Å². The van der Waals surface area contributed by atoms with E-state index >= 15 is 0 Å². The average Bonchev–Trinajstić information content (AvgIpc) is 2.19. The molecule has 1 aromatic rings. The Labute approximate surface area is 100.0 Å². The molecule has 0 spiro atoms. The zero-order chi connectivity index (χ0) is 12.3. The van der Waals surface area contributed by atoms with Crippen LogP contribution in [-0.2, 0) is 4.79 Å². The molecule has 5 heteroatoms. The lowest BCUT2D eigenvalue weighted by molar-refractivity contribution is -0.119. The Balaban J connectivity index is 2.94. The maximum atomic E-state index is 11.2. The van der Waals surface area contributed by atoms with Crippen molar-refractivity contribution in [2.75, 3.05) is 11.1 Å². The minimum absolute atomic E-state index is 0.0795. The van der Waals surface area contributed by atoms with Crippen LogP contribution in [0, 0.1) is 5.92 Å². The predicted octanol–water partition coefficient (Wildman–Crippen LogP) is 1.84. The van der Waals surface area contributed by atoms with Gasteiger partial charge in [-0.1, -0.05) is 31.5 Å². The number of hydrogen-bond acceptors (Lipinski definition) is 3. The second-order valence-electron chi connectivity index (χ2n) is 3.97. The van der Waals surface area contributed by atoms with Crippen LogP contribution in [0.25, 0.3) is 0 Å². The molecule has 1 rings (SSSR count). The highest BCUT2D eigenvalue weighted by Gasteiger charge is 2.20. The van der Waals surface area contributed by atoms with Crippen molar-refractivity contribution in [1.29, 1.82) is 0 Å². The van der Waals surface area contributed by atoms with E-state index in [4.69, 9.17) is 23.1 Å². The molecule has 0 aliphatic heterocycles. The number of halogens is 1. The van der Waals surface area contributed by atoms with Gasteiger partial charge in [0.25, 0.3) is 0 Å². The number of amides is 1. The molecule has 0 saturated carbocycles. The van der Waals surface area contributed by atoms with E-state index in [1.807, 2.05) is 13.8 Å². The molecule has 16 heavy (non-hydrogen) atoms. The summed E-state index contributed by atoms with van der Waals surface area (Å²) in [5, 5.41) is 3.46. The van der Waals surface area contributed by atoms with Crippen LogP contribution in [0.5, 0.6) is 0 Å². The predicted molar refractivity (Wildman–Crippen MR) is 67.3 cm³/mol. The van der Waals surface area contributed by atoms with Gasteiger partial charge in [-0.05, 0) is 18.1 Å². The van der Waals surface area contributed by atoms with Crippen LogP contribution < -0.4 is 16.8 Å². The van der Waals surface area contributed by atoms with Crippen molar-refractivity contribution in [3.63, 3.8) is 0 Å². The maximum absolute atomic E-state index is 11.2. The largest absolute Gasteiger partial charge is 0.396 e. The summed E-state index contributed by atoms with van der Waals surface area (Å²) >= 11 is 5.88. The molecule has 1 amide bonds. The van der Waals surface area contributed by atoms with E-state index in [9.17, 15) is 4.79 Å². The highest BCUT2D eigenvalue weighted by molar-refractivity contribution is 6.33. The fourth-order valence-corrected chi connectivity index (χ4v) is 1.57. The maximum Gasteiger partial charge on any atom is 0.240 e. The van der Waals surface area contributed by atoms with Gasteiger partial charge in [0.2, 0.25) is 5.91 Å². The number of carbonyl (C=O) groups excluding carboxylic acids is 1. The van der Waals surface area contributed by atoms with Crippen LogP contribution in [0.1, 0.15) is 13.8 Å². The lowest BCUT2D eigenvalue weighted by atomic mass is 10.0. The van der Waals surface area contributed by atoms with Gasteiger partial charge >= 0.3 is 0 Å². The summed E-state index contributed by atoms with van der Waals surface area (Å²) in [7, 11) is 0. The zero-order valence-corrected chi connectivity index (χ0v) is 10.1. The molecule has 1 aromatic carbocycles. The summed E-state index contributed by atoms with van der Waals surface area (Å²) in [5.41, 5.74) is 12.1. The monoisotopic (exact) mass is 241 g/mol. The number of rotatable bonds is 4. The van der Waals surface area contributed by atoms with Gasteiger partial charge in [0, 0.05) is 0 Å². The van der Waals surface area contributed by atoms with E-state index in [1.54, 1.807) is 18.2 Å². The Bertz CT molecular complexity index is 393. The second kappa shape index (κ2) is 5.07. The van der Waals surface area contributed by atoms with Gasteiger partial charge in [0.1, 0.15) is 6.04 Å². The number of para-hydroxylation sites is 1. The molecule has 0 aliphatic rings. The summed E-state index contributed by atoms with van der Waals surface area (Å²) in [5.74, 6) is -0.328. The summed E-state index contributed by atoms with van der Waals surface area (Å²) in [6, 6.07) is 4.76. The lowest BCUT2D eigenvalue weighted by Crippen LogP contribution is -2.39. The van der Waals surface area contributed by atoms with Crippen molar-refractivity contribution in [3.05, 3.63) is 23.2 Å². The number of anilines is 2. The Hall–Kier alpha value is -1.42. The molecule has 0 bridgehead atoms. The average molecular weight is 242 g/mol. The SMILES string of the molecule is CC(C)C(Nc1cccc(Cl)c1N)C(N)=O. The Morgan fingerprint density at radius 1 is 1.44 bits per heavy atom. The molecule has 0 aliphatic carbocycles. The summed E-state index contributed by atoms with van der Waals surface area (Å²) in [6.45, 7) is 3.81. The molecule has 5 N–H and O–H groups in total. The van der Waals surface area contributed by atoms with Gasteiger partial charge in [-0.3, -0.25) is 4.79 Å². The van der Waals surface area contributed by atoms with Crippen LogP contribution in [0.4, 0.5) is 11.4 Å².